The van der Waals surface area contributed by atoms with Crippen LogP contribution in [-0.2, 0) is 22.2 Å². The largest absolute Gasteiger partial charge is 0.507 e. The molecule has 0 aliphatic rings. The summed E-state index contributed by atoms with van der Waals surface area (Å²) in [4.78, 5) is 4.54. The summed E-state index contributed by atoms with van der Waals surface area (Å²) in [5.74, 6) is 1.11. The van der Waals surface area contributed by atoms with Gasteiger partial charge in [0, 0.05) is 23.6 Å². The highest BCUT2D eigenvalue weighted by molar-refractivity contribution is 7.88. The number of benzene rings is 2. The number of sulfonamides is 1. The third-order valence-corrected chi connectivity index (χ3v) is 4.93. The Morgan fingerprint density at radius 3 is 2.22 bits per heavy atom. The van der Waals surface area contributed by atoms with Gasteiger partial charge in [0.1, 0.15) is 17.3 Å². The standard InChI is InChI=1S/C20H22N2O5S.2C2H6/c1-13-3-5-15(6-4-13)20-22-18(14(2)27-20)9-10-26-17-8-7-16(19(23)11-17)12-28(21,24)25;2*1-2/h3-8,11,23H,9-10,12H2,1-2H3,(H2,21,24,25);2*1-2H3. The monoisotopic (exact) mass is 462 g/mol. The lowest BCUT2D eigenvalue weighted by Crippen LogP contribution is -2.14. The summed E-state index contributed by atoms with van der Waals surface area (Å²) in [5, 5.41) is 14.9. The molecule has 8 heteroatoms. The number of aromatic nitrogens is 1. The Bertz CT molecular complexity index is 1070. The van der Waals surface area contributed by atoms with E-state index in [-0.39, 0.29) is 11.3 Å². The molecule has 3 N–H and O–H groups in total. The molecule has 1 heterocycles. The molecular formula is C24H34N2O5S. The summed E-state index contributed by atoms with van der Waals surface area (Å²) >= 11 is 0. The molecule has 0 aliphatic heterocycles. The van der Waals surface area contributed by atoms with Gasteiger partial charge in [0.05, 0.1) is 18.1 Å². The lowest BCUT2D eigenvalue weighted by molar-refractivity contribution is 0.317. The summed E-state index contributed by atoms with van der Waals surface area (Å²) in [6.07, 6.45) is 0.529. The molecule has 0 radical (unpaired) electrons. The minimum absolute atomic E-state index is 0.175. The van der Waals surface area contributed by atoms with Crippen molar-refractivity contribution in [1.82, 2.24) is 4.98 Å². The minimum atomic E-state index is -3.71. The molecule has 0 amide bonds. The van der Waals surface area contributed by atoms with Gasteiger partial charge in [-0.3, -0.25) is 0 Å². The second-order valence-corrected chi connectivity index (χ2v) is 8.20. The van der Waals surface area contributed by atoms with Crippen molar-refractivity contribution in [3.63, 3.8) is 0 Å². The van der Waals surface area contributed by atoms with Gasteiger partial charge in [-0.2, -0.15) is 0 Å². The predicted molar refractivity (Wildman–Crippen MR) is 128 cm³/mol. The second-order valence-electron chi connectivity index (χ2n) is 6.58. The van der Waals surface area contributed by atoms with E-state index in [4.69, 9.17) is 14.3 Å². The summed E-state index contributed by atoms with van der Waals surface area (Å²) in [6, 6.07) is 12.4. The first-order chi connectivity index (χ1) is 15.2. The third kappa shape index (κ3) is 8.36. The maximum Gasteiger partial charge on any atom is 0.226 e. The van der Waals surface area contributed by atoms with Gasteiger partial charge in [0.15, 0.2) is 0 Å². The summed E-state index contributed by atoms with van der Waals surface area (Å²) in [7, 11) is -3.71. The highest BCUT2D eigenvalue weighted by atomic mass is 32.2. The number of primary sulfonamides is 1. The Labute approximate surface area is 191 Å². The van der Waals surface area contributed by atoms with Crippen molar-refractivity contribution in [3.05, 3.63) is 65.0 Å². The SMILES string of the molecule is CC.CC.Cc1ccc(-c2nc(CCOc3ccc(CS(N)(=O)=O)c(O)c3)c(C)o2)cc1. The van der Waals surface area contributed by atoms with Crippen LogP contribution < -0.4 is 9.88 Å². The number of hydrogen-bond acceptors (Lipinski definition) is 6. The van der Waals surface area contributed by atoms with Crippen LogP contribution in [0.5, 0.6) is 11.5 Å². The first-order valence-corrected chi connectivity index (χ1v) is 12.4. The molecule has 176 valence electrons. The van der Waals surface area contributed by atoms with Crippen LogP contribution in [0.1, 0.15) is 50.3 Å². The maximum absolute atomic E-state index is 11.1. The number of rotatable bonds is 7. The van der Waals surface area contributed by atoms with Crippen LogP contribution in [0.15, 0.2) is 46.9 Å². The number of oxazole rings is 1. The fourth-order valence-electron chi connectivity index (χ4n) is 2.72. The van der Waals surface area contributed by atoms with Crippen LogP contribution in [-0.4, -0.2) is 25.1 Å². The normalized spacial score (nSPS) is 10.5. The van der Waals surface area contributed by atoms with Crippen LogP contribution in [0.4, 0.5) is 0 Å². The first-order valence-electron chi connectivity index (χ1n) is 10.7. The van der Waals surface area contributed by atoms with E-state index in [0.29, 0.717) is 24.7 Å². The Morgan fingerprint density at radius 2 is 1.66 bits per heavy atom. The summed E-state index contributed by atoms with van der Waals surface area (Å²) in [6.45, 7) is 12.2. The Hall–Kier alpha value is -2.84. The van der Waals surface area contributed by atoms with Crippen LogP contribution in [0.3, 0.4) is 0 Å². The van der Waals surface area contributed by atoms with Crippen molar-refractivity contribution >= 4 is 10.0 Å². The molecule has 3 rings (SSSR count). The van der Waals surface area contributed by atoms with Gasteiger partial charge < -0.3 is 14.3 Å². The number of phenols is 1. The summed E-state index contributed by atoms with van der Waals surface area (Å²) < 4.78 is 33.7. The average Bonchev–Trinajstić information content (AvgIpc) is 3.13. The fourth-order valence-corrected chi connectivity index (χ4v) is 3.39. The number of nitrogens with zero attached hydrogens (tertiary/aromatic N) is 1. The van der Waals surface area contributed by atoms with Crippen LogP contribution in [0.2, 0.25) is 0 Å². The lowest BCUT2D eigenvalue weighted by Gasteiger charge is -2.08. The Morgan fingerprint density at radius 1 is 1.03 bits per heavy atom. The van der Waals surface area contributed by atoms with Crippen molar-refractivity contribution in [2.24, 2.45) is 5.14 Å². The molecular weight excluding hydrogens is 428 g/mol. The van der Waals surface area contributed by atoms with Crippen LogP contribution >= 0.6 is 0 Å². The fraction of sp³-hybridized carbons (Fsp3) is 0.375. The molecule has 1 aromatic heterocycles. The van der Waals surface area contributed by atoms with E-state index in [2.05, 4.69) is 4.98 Å². The molecule has 2 aromatic carbocycles. The Kier molecular flexibility index (Phi) is 10.9. The zero-order chi connectivity index (χ0) is 24.3. The molecule has 0 aliphatic carbocycles. The molecule has 0 saturated carbocycles. The quantitative estimate of drug-likeness (QED) is 0.503. The number of nitrogens with two attached hydrogens (primary N) is 1. The highest BCUT2D eigenvalue weighted by Crippen LogP contribution is 2.26. The highest BCUT2D eigenvalue weighted by Gasteiger charge is 2.13. The molecule has 0 saturated heterocycles. The van der Waals surface area contributed by atoms with Gasteiger partial charge in [-0.15, -0.1) is 0 Å². The molecule has 0 spiro atoms. The van der Waals surface area contributed by atoms with E-state index in [9.17, 15) is 13.5 Å². The van der Waals surface area contributed by atoms with Gasteiger partial charge in [-0.05, 0) is 32.0 Å². The van der Waals surface area contributed by atoms with Crippen molar-refractivity contribution in [2.45, 2.75) is 53.7 Å². The van der Waals surface area contributed by atoms with Gasteiger partial charge in [0.2, 0.25) is 15.9 Å². The maximum atomic E-state index is 11.1. The predicted octanol–water partition coefficient (Wildman–Crippen LogP) is 5.13. The molecule has 7 nitrogen and oxygen atoms in total. The molecule has 0 fully saturated rings. The molecule has 32 heavy (non-hydrogen) atoms. The Balaban J connectivity index is 0.00000121. The molecule has 0 bridgehead atoms. The number of aromatic hydroxyl groups is 1. The third-order valence-electron chi connectivity index (χ3n) is 4.21. The van der Waals surface area contributed by atoms with Crippen molar-refractivity contribution in [1.29, 1.82) is 0 Å². The topological polar surface area (TPSA) is 116 Å². The summed E-state index contributed by atoms with van der Waals surface area (Å²) in [5.41, 5.74) is 3.10. The van der Waals surface area contributed by atoms with E-state index in [1.165, 1.54) is 17.7 Å². The number of aryl methyl sites for hydroxylation is 2. The zero-order valence-corrected chi connectivity index (χ0v) is 20.5. The number of hydrogen-bond donors (Lipinski definition) is 2. The molecule has 3 aromatic rings. The van der Waals surface area contributed by atoms with E-state index in [1.807, 2.05) is 65.8 Å². The number of phenolic OH excluding ortho intramolecular Hbond substituents is 1. The number of ether oxygens (including phenoxy) is 1. The second kappa shape index (κ2) is 12.9. The van der Waals surface area contributed by atoms with Crippen molar-refractivity contribution < 1.29 is 22.7 Å². The van der Waals surface area contributed by atoms with Crippen molar-refractivity contribution in [3.8, 4) is 23.0 Å². The first kappa shape index (κ1) is 27.2. The molecule has 0 unspecified atom stereocenters. The smallest absolute Gasteiger partial charge is 0.226 e. The van der Waals surface area contributed by atoms with Gasteiger partial charge in [-0.25, -0.2) is 18.5 Å². The van der Waals surface area contributed by atoms with Crippen LogP contribution in [0.25, 0.3) is 11.5 Å². The van der Waals surface area contributed by atoms with E-state index < -0.39 is 15.8 Å². The zero-order valence-electron chi connectivity index (χ0n) is 19.7. The lowest BCUT2D eigenvalue weighted by atomic mass is 10.1. The minimum Gasteiger partial charge on any atom is -0.507 e. The van der Waals surface area contributed by atoms with Crippen molar-refractivity contribution in [2.75, 3.05) is 6.61 Å². The van der Waals surface area contributed by atoms with Gasteiger partial charge in [0.25, 0.3) is 0 Å². The van der Waals surface area contributed by atoms with E-state index >= 15 is 0 Å². The average molecular weight is 463 g/mol. The van der Waals surface area contributed by atoms with Crippen LogP contribution in [0, 0.1) is 13.8 Å². The van der Waals surface area contributed by atoms with Gasteiger partial charge >= 0.3 is 0 Å². The van der Waals surface area contributed by atoms with Gasteiger partial charge in [-0.1, -0.05) is 51.5 Å². The van der Waals surface area contributed by atoms with E-state index in [0.717, 1.165) is 17.0 Å². The molecule has 0 atom stereocenters. The van der Waals surface area contributed by atoms with E-state index in [1.54, 1.807) is 6.07 Å².